The van der Waals surface area contributed by atoms with E-state index in [4.69, 9.17) is 0 Å². The number of benzene rings is 2. The van der Waals surface area contributed by atoms with Crippen molar-refractivity contribution < 1.29 is 9.18 Å². The number of carbonyl (C=O) groups is 1. The second-order valence-corrected chi connectivity index (χ2v) is 8.62. The third-order valence-corrected chi connectivity index (χ3v) is 6.26. The SMILES string of the molecule is CCSc1cccc(C(=O)N(CCn2cccn2)c2nc3c(F)cccc3s2)c1. The van der Waals surface area contributed by atoms with E-state index in [1.54, 1.807) is 39.7 Å². The number of rotatable bonds is 7. The first-order valence-corrected chi connectivity index (χ1v) is 11.0. The van der Waals surface area contributed by atoms with Gasteiger partial charge < -0.3 is 0 Å². The van der Waals surface area contributed by atoms with E-state index in [-0.39, 0.29) is 11.7 Å². The van der Waals surface area contributed by atoms with Crippen molar-refractivity contribution in [3.63, 3.8) is 0 Å². The first-order chi connectivity index (χ1) is 14.2. The van der Waals surface area contributed by atoms with Crippen molar-refractivity contribution in [2.45, 2.75) is 18.4 Å². The molecule has 1 amide bonds. The van der Waals surface area contributed by atoms with E-state index >= 15 is 0 Å². The first-order valence-electron chi connectivity index (χ1n) is 9.23. The molecule has 0 aliphatic rings. The molecule has 2 heterocycles. The number of anilines is 1. The molecule has 8 heteroatoms. The third kappa shape index (κ3) is 4.33. The fraction of sp³-hybridized carbons (Fsp3) is 0.190. The number of amides is 1. The number of hydrogen-bond acceptors (Lipinski definition) is 5. The van der Waals surface area contributed by atoms with Crippen molar-refractivity contribution in [1.82, 2.24) is 14.8 Å². The van der Waals surface area contributed by atoms with Crippen LogP contribution < -0.4 is 4.90 Å². The number of para-hydroxylation sites is 1. The highest BCUT2D eigenvalue weighted by atomic mass is 32.2. The topological polar surface area (TPSA) is 51.0 Å². The van der Waals surface area contributed by atoms with E-state index < -0.39 is 0 Å². The maximum absolute atomic E-state index is 14.2. The lowest BCUT2D eigenvalue weighted by Crippen LogP contribution is -2.34. The minimum Gasteiger partial charge on any atom is -0.282 e. The highest BCUT2D eigenvalue weighted by molar-refractivity contribution is 7.99. The maximum atomic E-state index is 14.2. The van der Waals surface area contributed by atoms with Gasteiger partial charge in [-0.25, -0.2) is 9.37 Å². The zero-order chi connectivity index (χ0) is 20.2. The largest absolute Gasteiger partial charge is 0.282 e. The van der Waals surface area contributed by atoms with Gasteiger partial charge in [-0.2, -0.15) is 5.10 Å². The van der Waals surface area contributed by atoms with Crippen LogP contribution in [-0.4, -0.2) is 33.0 Å². The van der Waals surface area contributed by atoms with Gasteiger partial charge in [0, 0.05) is 29.4 Å². The molecule has 0 aliphatic carbocycles. The molecule has 29 heavy (non-hydrogen) atoms. The van der Waals surface area contributed by atoms with Gasteiger partial charge in [-0.1, -0.05) is 30.4 Å². The molecule has 148 valence electrons. The van der Waals surface area contributed by atoms with Gasteiger partial charge in [0.2, 0.25) is 0 Å². The van der Waals surface area contributed by atoms with Crippen LogP contribution in [0.4, 0.5) is 9.52 Å². The van der Waals surface area contributed by atoms with Crippen LogP contribution in [0.2, 0.25) is 0 Å². The van der Waals surface area contributed by atoms with Crippen LogP contribution in [0.5, 0.6) is 0 Å². The Bertz CT molecular complexity index is 1130. The standard InChI is InChI=1S/C21H19FN4OS2/c1-2-28-16-7-3-6-15(14-16)20(27)26(13-12-25-11-5-10-23-25)21-24-19-17(22)8-4-9-18(19)29-21/h3-11,14H,2,12-13H2,1H3. The number of carbonyl (C=O) groups excluding carboxylic acids is 1. The summed E-state index contributed by atoms with van der Waals surface area (Å²) in [7, 11) is 0. The number of thioether (sulfide) groups is 1. The Morgan fingerprint density at radius 1 is 1.24 bits per heavy atom. The zero-order valence-corrected chi connectivity index (χ0v) is 17.4. The predicted molar refractivity (Wildman–Crippen MR) is 116 cm³/mol. The summed E-state index contributed by atoms with van der Waals surface area (Å²) in [6.45, 7) is 2.97. The molecule has 0 radical (unpaired) electrons. The molecule has 2 aromatic carbocycles. The molecule has 0 N–H and O–H groups in total. The monoisotopic (exact) mass is 426 g/mol. The van der Waals surface area contributed by atoms with Crippen LogP contribution >= 0.6 is 23.1 Å². The van der Waals surface area contributed by atoms with Crippen LogP contribution in [-0.2, 0) is 6.54 Å². The average molecular weight is 427 g/mol. The van der Waals surface area contributed by atoms with Crippen LogP contribution in [0.15, 0.2) is 65.8 Å². The smallest absolute Gasteiger partial charge is 0.260 e. The van der Waals surface area contributed by atoms with Gasteiger partial charge >= 0.3 is 0 Å². The molecule has 0 unspecified atom stereocenters. The summed E-state index contributed by atoms with van der Waals surface area (Å²) in [5, 5.41) is 4.69. The normalized spacial score (nSPS) is 11.1. The summed E-state index contributed by atoms with van der Waals surface area (Å²) in [6, 6.07) is 14.3. The fourth-order valence-electron chi connectivity index (χ4n) is 2.98. The minimum absolute atomic E-state index is 0.157. The Balaban J connectivity index is 1.69. The molecule has 0 fully saturated rings. The van der Waals surface area contributed by atoms with Crippen LogP contribution in [0.3, 0.4) is 0 Å². The maximum Gasteiger partial charge on any atom is 0.260 e. The summed E-state index contributed by atoms with van der Waals surface area (Å²) >= 11 is 3.00. The molecule has 4 rings (SSSR count). The summed E-state index contributed by atoms with van der Waals surface area (Å²) in [6.07, 6.45) is 3.55. The van der Waals surface area contributed by atoms with Crippen molar-refractivity contribution >= 4 is 44.4 Å². The van der Waals surface area contributed by atoms with Crippen LogP contribution in [0.1, 0.15) is 17.3 Å². The molecule has 5 nitrogen and oxygen atoms in total. The number of thiazole rings is 1. The summed E-state index contributed by atoms with van der Waals surface area (Å²) in [5.74, 6) is 0.388. The van der Waals surface area contributed by atoms with E-state index in [1.165, 1.54) is 17.4 Å². The van der Waals surface area contributed by atoms with Gasteiger partial charge in [-0.05, 0) is 42.2 Å². The predicted octanol–water partition coefficient (Wildman–Crippen LogP) is 5.09. The van der Waals surface area contributed by atoms with Gasteiger partial charge in [-0.3, -0.25) is 14.4 Å². The Labute approximate surface area is 176 Å². The van der Waals surface area contributed by atoms with Crippen molar-refractivity contribution in [1.29, 1.82) is 0 Å². The average Bonchev–Trinajstić information content (AvgIpc) is 3.39. The highest BCUT2D eigenvalue weighted by Gasteiger charge is 2.22. The van der Waals surface area contributed by atoms with Gasteiger partial charge in [0.05, 0.1) is 11.2 Å². The molecular weight excluding hydrogens is 407 g/mol. The minimum atomic E-state index is -0.384. The Kier molecular flexibility index (Phi) is 5.92. The number of halogens is 1. The van der Waals surface area contributed by atoms with Crippen molar-refractivity contribution in [2.75, 3.05) is 17.2 Å². The summed E-state index contributed by atoms with van der Waals surface area (Å²) in [5.41, 5.74) is 0.878. The van der Waals surface area contributed by atoms with E-state index in [9.17, 15) is 9.18 Å². The van der Waals surface area contributed by atoms with E-state index in [0.717, 1.165) is 10.6 Å². The van der Waals surface area contributed by atoms with Crippen molar-refractivity contribution in [2.24, 2.45) is 0 Å². The quantitative estimate of drug-likeness (QED) is 0.386. The Morgan fingerprint density at radius 2 is 2.10 bits per heavy atom. The van der Waals surface area contributed by atoms with Crippen LogP contribution in [0, 0.1) is 5.82 Å². The fourth-order valence-corrected chi connectivity index (χ4v) is 4.70. The third-order valence-electron chi connectivity index (χ3n) is 4.34. The Hall–Kier alpha value is -2.71. The number of aromatic nitrogens is 3. The molecule has 0 atom stereocenters. The molecule has 0 saturated carbocycles. The molecular formula is C21H19FN4OS2. The zero-order valence-electron chi connectivity index (χ0n) is 15.8. The van der Waals surface area contributed by atoms with Crippen LogP contribution in [0.25, 0.3) is 10.2 Å². The molecule has 0 bridgehead atoms. The summed E-state index contributed by atoms with van der Waals surface area (Å²) in [4.78, 5) is 20.5. The number of hydrogen-bond donors (Lipinski definition) is 0. The number of nitrogens with zero attached hydrogens (tertiary/aromatic N) is 4. The van der Waals surface area contributed by atoms with E-state index in [0.29, 0.717) is 34.0 Å². The highest BCUT2D eigenvalue weighted by Crippen LogP contribution is 2.31. The van der Waals surface area contributed by atoms with E-state index in [2.05, 4.69) is 17.0 Å². The van der Waals surface area contributed by atoms with Crippen molar-refractivity contribution in [3.8, 4) is 0 Å². The molecule has 4 aromatic rings. The lowest BCUT2D eigenvalue weighted by Gasteiger charge is -2.20. The summed E-state index contributed by atoms with van der Waals surface area (Å²) < 4.78 is 16.6. The molecule has 0 saturated heterocycles. The van der Waals surface area contributed by atoms with Gasteiger partial charge in [0.15, 0.2) is 5.13 Å². The van der Waals surface area contributed by atoms with Gasteiger partial charge in [0.25, 0.3) is 5.91 Å². The molecule has 2 aromatic heterocycles. The molecule has 0 spiro atoms. The lowest BCUT2D eigenvalue weighted by molar-refractivity contribution is 0.0985. The number of fused-ring (bicyclic) bond motifs is 1. The van der Waals surface area contributed by atoms with Gasteiger partial charge in [0.1, 0.15) is 11.3 Å². The first kappa shape index (κ1) is 19.6. The van der Waals surface area contributed by atoms with Crippen molar-refractivity contribution in [3.05, 3.63) is 72.3 Å². The second-order valence-electron chi connectivity index (χ2n) is 6.27. The second kappa shape index (κ2) is 8.75. The lowest BCUT2D eigenvalue weighted by atomic mass is 10.2. The molecule has 0 aliphatic heterocycles. The van der Waals surface area contributed by atoms with E-state index in [1.807, 2.05) is 36.5 Å². The van der Waals surface area contributed by atoms with Gasteiger partial charge in [-0.15, -0.1) is 11.8 Å². The Morgan fingerprint density at radius 3 is 2.86 bits per heavy atom.